The summed E-state index contributed by atoms with van der Waals surface area (Å²) in [6, 6.07) is 0.897. The average molecular weight is 504 g/mol. The van der Waals surface area contributed by atoms with Crippen LogP contribution in [0.5, 0.6) is 0 Å². The monoisotopic (exact) mass is 504 g/mol. The van der Waals surface area contributed by atoms with Crippen LogP contribution in [0.4, 0.5) is 22.0 Å². The van der Waals surface area contributed by atoms with Crippen LogP contribution in [0.1, 0.15) is 24.6 Å². The van der Waals surface area contributed by atoms with Crippen molar-refractivity contribution in [1.29, 1.82) is 0 Å². The number of likely N-dealkylation sites (tertiary alicyclic amines) is 1. The summed E-state index contributed by atoms with van der Waals surface area (Å²) in [5.74, 6) is -6.61. The molecule has 2 aliphatic rings. The highest BCUT2D eigenvalue weighted by Gasteiger charge is 2.52. The first-order valence-electron chi connectivity index (χ1n) is 10.2. The summed E-state index contributed by atoms with van der Waals surface area (Å²) in [5.41, 5.74) is -1.23. The summed E-state index contributed by atoms with van der Waals surface area (Å²) in [5, 5.41) is 3.90. The number of hydrogen-bond acceptors (Lipinski definition) is 6. The standard InChI is InChI=1S/C21H21F5N4O3S/c1-11-4-13(18-14(23)5-12(22)6-15(18)24)19(27-8-11)20(2)7-17(28-33-20)30-9-16(21(25,26)10-30)29-34(3,31)32/h4-6,8,16,29H,7,9-10H2,1-3H3/t16-,20?/m1/s1. The molecule has 1 unspecified atom stereocenters. The Balaban J connectivity index is 1.65. The Kier molecular flexibility index (Phi) is 5.83. The molecular weight excluding hydrogens is 483 g/mol. The normalized spacial score (nSPS) is 24.3. The van der Waals surface area contributed by atoms with Gasteiger partial charge in [-0.1, -0.05) is 5.16 Å². The van der Waals surface area contributed by atoms with Crippen LogP contribution in [0.25, 0.3) is 11.1 Å². The second-order valence-electron chi connectivity index (χ2n) is 8.74. The zero-order valence-corrected chi connectivity index (χ0v) is 19.2. The van der Waals surface area contributed by atoms with Gasteiger partial charge < -0.3 is 9.74 Å². The second-order valence-corrected chi connectivity index (χ2v) is 10.5. The third kappa shape index (κ3) is 4.58. The van der Waals surface area contributed by atoms with Crippen molar-refractivity contribution in [3.05, 3.63) is 53.1 Å². The lowest BCUT2D eigenvalue weighted by Crippen LogP contribution is -2.46. The third-order valence-corrected chi connectivity index (χ3v) is 6.40. The van der Waals surface area contributed by atoms with Gasteiger partial charge >= 0.3 is 0 Å². The Morgan fingerprint density at radius 1 is 1.18 bits per heavy atom. The molecule has 0 aliphatic carbocycles. The van der Waals surface area contributed by atoms with Crippen LogP contribution in [0.15, 0.2) is 29.6 Å². The van der Waals surface area contributed by atoms with Gasteiger partial charge in [0.1, 0.15) is 29.3 Å². The number of pyridine rings is 1. The van der Waals surface area contributed by atoms with Gasteiger partial charge in [0, 0.05) is 30.4 Å². The minimum Gasteiger partial charge on any atom is -0.381 e. The number of nitrogens with zero attached hydrogens (tertiary/aromatic N) is 3. The summed E-state index contributed by atoms with van der Waals surface area (Å²) < 4.78 is 96.3. The number of benzene rings is 1. The predicted octanol–water partition coefficient (Wildman–Crippen LogP) is 3.29. The van der Waals surface area contributed by atoms with E-state index in [2.05, 4.69) is 10.1 Å². The van der Waals surface area contributed by atoms with Crippen molar-refractivity contribution in [2.75, 3.05) is 19.3 Å². The topological polar surface area (TPSA) is 83.9 Å². The molecule has 2 aromatic rings. The van der Waals surface area contributed by atoms with Crippen LogP contribution in [0.2, 0.25) is 0 Å². The van der Waals surface area contributed by atoms with Crippen molar-refractivity contribution in [1.82, 2.24) is 14.6 Å². The molecule has 34 heavy (non-hydrogen) atoms. The van der Waals surface area contributed by atoms with E-state index in [4.69, 9.17) is 4.84 Å². The number of oxime groups is 1. The maximum absolute atomic E-state index is 14.6. The molecule has 0 amide bonds. The lowest BCUT2D eigenvalue weighted by molar-refractivity contribution is -0.0103. The SMILES string of the molecule is Cc1cnc(C2(C)CC(N3C[C@@H](NS(C)(=O)=O)C(F)(F)C3)=NO2)c(-c2c(F)cc(F)cc2F)c1. The van der Waals surface area contributed by atoms with Crippen LogP contribution in [0.3, 0.4) is 0 Å². The number of nitrogens with one attached hydrogen (secondary N) is 1. The van der Waals surface area contributed by atoms with Crippen molar-refractivity contribution in [2.24, 2.45) is 5.16 Å². The quantitative estimate of drug-likeness (QED) is 0.647. The Labute approximate surface area is 192 Å². The van der Waals surface area contributed by atoms with E-state index in [0.29, 0.717) is 17.7 Å². The number of aromatic nitrogens is 1. The first-order valence-corrected chi connectivity index (χ1v) is 12.0. The Bertz CT molecular complexity index is 1260. The van der Waals surface area contributed by atoms with Crippen LogP contribution < -0.4 is 4.72 Å². The lowest BCUT2D eigenvalue weighted by atomic mass is 9.89. The van der Waals surface area contributed by atoms with Crippen LogP contribution in [0, 0.1) is 24.4 Å². The number of aryl methyl sites for hydroxylation is 1. The molecule has 1 aromatic carbocycles. The molecule has 0 bridgehead atoms. The van der Waals surface area contributed by atoms with Crippen molar-refractivity contribution in [3.8, 4) is 11.1 Å². The molecule has 0 radical (unpaired) electrons. The van der Waals surface area contributed by atoms with Crippen LogP contribution in [-0.2, 0) is 20.5 Å². The number of sulfonamides is 1. The summed E-state index contributed by atoms with van der Waals surface area (Å²) >= 11 is 0. The molecule has 3 heterocycles. The van der Waals surface area contributed by atoms with Gasteiger partial charge in [0.2, 0.25) is 10.0 Å². The first-order chi connectivity index (χ1) is 15.7. The van der Waals surface area contributed by atoms with Crippen molar-refractivity contribution < 1.29 is 35.2 Å². The van der Waals surface area contributed by atoms with E-state index in [0.717, 1.165) is 6.26 Å². The zero-order chi connectivity index (χ0) is 25.1. The van der Waals surface area contributed by atoms with Gasteiger partial charge in [0.15, 0.2) is 5.60 Å². The van der Waals surface area contributed by atoms with Crippen molar-refractivity contribution in [2.45, 2.75) is 37.8 Å². The molecule has 13 heteroatoms. The van der Waals surface area contributed by atoms with Gasteiger partial charge in [0.25, 0.3) is 5.92 Å². The van der Waals surface area contributed by atoms with E-state index in [1.54, 1.807) is 6.92 Å². The van der Waals surface area contributed by atoms with E-state index >= 15 is 0 Å². The Hall–Kier alpha value is -2.80. The van der Waals surface area contributed by atoms with Crippen molar-refractivity contribution in [3.63, 3.8) is 0 Å². The third-order valence-electron chi connectivity index (χ3n) is 5.69. The maximum Gasteiger partial charge on any atom is 0.282 e. The Morgan fingerprint density at radius 3 is 2.44 bits per heavy atom. The fourth-order valence-corrected chi connectivity index (χ4v) is 4.92. The van der Waals surface area contributed by atoms with Gasteiger partial charge in [-0.15, -0.1) is 0 Å². The minimum absolute atomic E-state index is 0.0114. The summed E-state index contributed by atoms with van der Waals surface area (Å²) in [7, 11) is -3.88. The number of hydrogen-bond donors (Lipinski definition) is 1. The van der Waals surface area contributed by atoms with Gasteiger partial charge in [-0.25, -0.2) is 35.1 Å². The zero-order valence-electron chi connectivity index (χ0n) is 18.4. The van der Waals surface area contributed by atoms with Gasteiger partial charge in [-0.3, -0.25) is 4.98 Å². The molecule has 0 saturated carbocycles. The van der Waals surface area contributed by atoms with Crippen LogP contribution >= 0.6 is 0 Å². The molecule has 1 N–H and O–H groups in total. The number of alkyl halides is 2. The number of rotatable bonds is 4. The predicted molar refractivity (Wildman–Crippen MR) is 113 cm³/mol. The smallest absolute Gasteiger partial charge is 0.282 e. The maximum atomic E-state index is 14.6. The Morgan fingerprint density at radius 2 is 1.82 bits per heavy atom. The lowest BCUT2D eigenvalue weighted by Gasteiger charge is -2.25. The number of amidine groups is 1. The van der Waals surface area contributed by atoms with Crippen LogP contribution in [-0.4, -0.2) is 55.4 Å². The average Bonchev–Trinajstić information content (AvgIpc) is 3.20. The molecule has 0 spiro atoms. The molecule has 184 valence electrons. The highest BCUT2D eigenvalue weighted by atomic mass is 32.2. The summed E-state index contributed by atoms with van der Waals surface area (Å²) in [6.07, 6.45) is 2.15. The summed E-state index contributed by atoms with van der Waals surface area (Å²) in [4.78, 5) is 11.0. The van der Waals surface area contributed by atoms with E-state index in [1.165, 1.54) is 24.1 Å². The fourth-order valence-electron chi connectivity index (χ4n) is 4.16. The molecule has 2 atom stereocenters. The molecule has 1 saturated heterocycles. The molecule has 1 fully saturated rings. The van der Waals surface area contributed by atoms with E-state index in [9.17, 15) is 30.4 Å². The minimum atomic E-state index is -3.88. The van der Waals surface area contributed by atoms with Crippen molar-refractivity contribution >= 4 is 15.9 Å². The van der Waals surface area contributed by atoms with Gasteiger partial charge in [-0.2, -0.15) is 0 Å². The highest BCUT2D eigenvalue weighted by molar-refractivity contribution is 7.88. The fraction of sp³-hybridized carbons (Fsp3) is 0.429. The molecular formula is C21H21F5N4O3S. The molecule has 7 nitrogen and oxygen atoms in total. The van der Waals surface area contributed by atoms with E-state index in [-0.39, 0.29) is 30.1 Å². The van der Waals surface area contributed by atoms with E-state index in [1.807, 2.05) is 4.72 Å². The van der Waals surface area contributed by atoms with Gasteiger partial charge in [0.05, 0.1) is 30.5 Å². The highest BCUT2D eigenvalue weighted by Crippen LogP contribution is 2.42. The van der Waals surface area contributed by atoms with E-state index < -0.39 is 57.1 Å². The summed E-state index contributed by atoms with van der Waals surface area (Å²) in [6.45, 7) is 2.03. The largest absolute Gasteiger partial charge is 0.381 e. The molecule has 4 rings (SSSR count). The second kappa shape index (κ2) is 8.15. The number of halogens is 5. The molecule has 2 aliphatic heterocycles. The first kappa shape index (κ1) is 24.3. The van der Waals surface area contributed by atoms with Gasteiger partial charge in [-0.05, 0) is 25.5 Å². The molecule has 1 aromatic heterocycles.